The summed E-state index contributed by atoms with van der Waals surface area (Å²) in [7, 11) is -2.52. The molecule has 20 heavy (non-hydrogen) atoms. The molecule has 3 N–H and O–H groups in total. The Morgan fingerprint density at radius 2 is 2.05 bits per heavy atom. The zero-order chi connectivity index (χ0) is 15.7. The minimum atomic E-state index is -3.85. The molecule has 1 aromatic rings. The molecular weight excluding hydrogens is 303 g/mol. The van der Waals surface area contributed by atoms with Crippen LogP contribution in [0.4, 0.5) is 4.39 Å². The molecule has 0 radical (unpaired) electrons. The van der Waals surface area contributed by atoms with Gasteiger partial charge < -0.3 is 10.8 Å². The second kappa shape index (κ2) is 5.72. The molecule has 0 spiro atoms. The number of hydrogen-bond donors (Lipinski definition) is 2. The van der Waals surface area contributed by atoms with E-state index in [2.05, 4.69) is 12.2 Å². The maximum absolute atomic E-state index is 13.5. The van der Waals surface area contributed by atoms with E-state index < -0.39 is 21.4 Å². The van der Waals surface area contributed by atoms with Crippen molar-refractivity contribution in [1.29, 1.82) is 0 Å². The van der Waals surface area contributed by atoms with Crippen molar-refractivity contribution >= 4 is 27.2 Å². The molecular formula is C12H17FN2O3S2. The molecule has 0 saturated heterocycles. The summed E-state index contributed by atoms with van der Waals surface area (Å²) in [4.78, 5) is -0.349. The fraction of sp³-hybridized carbons (Fsp3) is 0.417. The Bertz CT molecular complexity index is 624. The van der Waals surface area contributed by atoms with Gasteiger partial charge in [0, 0.05) is 19.2 Å². The zero-order valence-corrected chi connectivity index (χ0v) is 13.1. The molecule has 1 rings (SSSR count). The molecule has 0 aliphatic carbocycles. The van der Waals surface area contributed by atoms with E-state index in [0.29, 0.717) is 0 Å². The van der Waals surface area contributed by atoms with E-state index in [1.807, 2.05) is 0 Å². The lowest BCUT2D eigenvalue weighted by atomic mass is 10.1. The molecule has 0 atom stereocenters. The van der Waals surface area contributed by atoms with Gasteiger partial charge in [-0.15, -0.1) is 0 Å². The minimum absolute atomic E-state index is 0.102. The summed E-state index contributed by atoms with van der Waals surface area (Å²) in [5.41, 5.74) is 4.03. The summed E-state index contributed by atoms with van der Waals surface area (Å²) in [6.45, 7) is 2.88. The smallest absolute Gasteiger partial charge is 0.242 e. The second-order valence-corrected chi connectivity index (χ2v) is 7.56. The molecule has 0 bridgehead atoms. The molecule has 112 valence electrons. The number of sulfonamides is 1. The average Bonchev–Trinajstić information content (AvgIpc) is 2.26. The highest BCUT2D eigenvalue weighted by atomic mass is 32.2. The van der Waals surface area contributed by atoms with Crippen molar-refractivity contribution in [3.63, 3.8) is 0 Å². The first-order chi connectivity index (χ1) is 8.95. The van der Waals surface area contributed by atoms with Gasteiger partial charge in [0.05, 0.1) is 10.5 Å². The SMILES string of the molecule is CN(CC(C)(C)O)S(=O)(=O)c1ccc(F)c(C(N)=S)c1. The van der Waals surface area contributed by atoms with Crippen LogP contribution in [0.5, 0.6) is 0 Å². The summed E-state index contributed by atoms with van der Waals surface area (Å²) >= 11 is 4.67. The van der Waals surface area contributed by atoms with Gasteiger partial charge in [0.25, 0.3) is 0 Å². The Morgan fingerprint density at radius 3 is 2.50 bits per heavy atom. The highest BCUT2D eigenvalue weighted by Crippen LogP contribution is 2.20. The number of aliphatic hydroxyl groups is 1. The molecule has 0 aromatic heterocycles. The Labute approximate surface area is 123 Å². The number of nitrogens with two attached hydrogens (primary N) is 1. The largest absolute Gasteiger partial charge is 0.389 e. The van der Waals surface area contributed by atoms with E-state index in [1.54, 1.807) is 0 Å². The lowest BCUT2D eigenvalue weighted by Crippen LogP contribution is -2.39. The standard InChI is InChI=1S/C12H17FN2O3S2/c1-12(2,16)7-15(3)20(17,18)8-4-5-10(13)9(6-8)11(14)19/h4-6,16H,7H2,1-3H3,(H2,14,19). The van der Waals surface area contributed by atoms with E-state index in [0.717, 1.165) is 22.5 Å². The molecule has 0 heterocycles. The van der Waals surface area contributed by atoms with Crippen molar-refractivity contribution < 1.29 is 17.9 Å². The maximum Gasteiger partial charge on any atom is 0.242 e. The lowest BCUT2D eigenvalue weighted by Gasteiger charge is -2.25. The van der Waals surface area contributed by atoms with Gasteiger partial charge in [0.15, 0.2) is 0 Å². The third-order valence-electron chi connectivity index (χ3n) is 2.52. The number of likely N-dealkylation sites (N-methyl/N-ethyl adjacent to an activating group) is 1. The van der Waals surface area contributed by atoms with Crippen molar-refractivity contribution in [2.45, 2.75) is 24.3 Å². The highest BCUT2D eigenvalue weighted by Gasteiger charge is 2.27. The summed E-state index contributed by atoms with van der Waals surface area (Å²) in [5.74, 6) is -0.679. The lowest BCUT2D eigenvalue weighted by molar-refractivity contribution is 0.0640. The van der Waals surface area contributed by atoms with Gasteiger partial charge in [-0.25, -0.2) is 12.8 Å². The predicted molar refractivity (Wildman–Crippen MR) is 78.4 cm³/mol. The van der Waals surface area contributed by atoms with Gasteiger partial charge in [0.2, 0.25) is 10.0 Å². The van der Waals surface area contributed by atoms with Gasteiger partial charge in [-0.05, 0) is 32.0 Å². The fourth-order valence-corrected chi connectivity index (χ4v) is 3.17. The molecule has 0 fully saturated rings. The van der Waals surface area contributed by atoms with E-state index in [4.69, 9.17) is 5.73 Å². The Hall–Kier alpha value is -1.09. The van der Waals surface area contributed by atoms with Crippen molar-refractivity contribution in [1.82, 2.24) is 4.31 Å². The van der Waals surface area contributed by atoms with Crippen LogP contribution in [0.1, 0.15) is 19.4 Å². The highest BCUT2D eigenvalue weighted by molar-refractivity contribution is 7.89. The van der Waals surface area contributed by atoms with Crippen LogP contribution in [-0.4, -0.2) is 42.0 Å². The number of nitrogens with zero attached hydrogens (tertiary/aromatic N) is 1. The molecule has 0 aliphatic heterocycles. The first-order valence-corrected chi connectivity index (χ1v) is 7.58. The third kappa shape index (κ3) is 3.95. The predicted octanol–water partition coefficient (Wildman–Crippen LogP) is 0.851. The van der Waals surface area contributed by atoms with Crippen molar-refractivity contribution in [3.8, 4) is 0 Å². The minimum Gasteiger partial charge on any atom is -0.389 e. The van der Waals surface area contributed by atoms with Crippen molar-refractivity contribution in [2.75, 3.05) is 13.6 Å². The number of thiocarbonyl (C=S) groups is 1. The van der Waals surface area contributed by atoms with Crippen LogP contribution in [-0.2, 0) is 10.0 Å². The van der Waals surface area contributed by atoms with Crippen LogP contribution in [0.25, 0.3) is 0 Å². The fourth-order valence-electron chi connectivity index (χ4n) is 1.66. The Morgan fingerprint density at radius 1 is 1.50 bits per heavy atom. The van der Waals surface area contributed by atoms with E-state index in [9.17, 15) is 17.9 Å². The molecule has 0 unspecified atom stereocenters. The van der Waals surface area contributed by atoms with Crippen molar-refractivity contribution in [2.24, 2.45) is 5.73 Å². The summed E-state index contributed by atoms with van der Waals surface area (Å²) < 4.78 is 39.1. The third-order valence-corrected chi connectivity index (χ3v) is 4.54. The normalized spacial score (nSPS) is 12.7. The van der Waals surface area contributed by atoms with Gasteiger partial charge in [0.1, 0.15) is 10.8 Å². The molecule has 8 heteroatoms. The summed E-state index contributed by atoms with van der Waals surface area (Å²) in [6, 6.07) is 3.22. The van der Waals surface area contributed by atoms with Crippen LogP contribution in [0.2, 0.25) is 0 Å². The Balaban J connectivity index is 3.23. The number of halogens is 1. The average molecular weight is 320 g/mol. The van der Waals surface area contributed by atoms with Crippen LogP contribution in [0.15, 0.2) is 23.1 Å². The first kappa shape index (κ1) is 17.0. The van der Waals surface area contributed by atoms with Crippen LogP contribution in [0, 0.1) is 5.82 Å². The molecule has 0 aliphatic rings. The molecule has 0 saturated carbocycles. The van der Waals surface area contributed by atoms with Gasteiger partial charge in [-0.3, -0.25) is 0 Å². The van der Waals surface area contributed by atoms with Gasteiger partial charge in [-0.1, -0.05) is 12.2 Å². The maximum atomic E-state index is 13.5. The molecule has 0 amide bonds. The van der Waals surface area contributed by atoms with Crippen LogP contribution in [0.3, 0.4) is 0 Å². The van der Waals surface area contributed by atoms with E-state index in [1.165, 1.54) is 20.9 Å². The van der Waals surface area contributed by atoms with E-state index >= 15 is 0 Å². The first-order valence-electron chi connectivity index (χ1n) is 5.73. The molecule has 5 nitrogen and oxygen atoms in total. The van der Waals surface area contributed by atoms with Crippen molar-refractivity contribution in [3.05, 3.63) is 29.6 Å². The van der Waals surface area contributed by atoms with Gasteiger partial charge >= 0.3 is 0 Å². The topological polar surface area (TPSA) is 83.6 Å². The monoisotopic (exact) mass is 320 g/mol. The van der Waals surface area contributed by atoms with Crippen LogP contribution < -0.4 is 5.73 Å². The van der Waals surface area contributed by atoms with E-state index in [-0.39, 0.29) is 22.0 Å². The zero-order valence-electron chi connectivity index (χ0n) is 11.4. The number of benzene rings is 1. The number of hydrogen-bond acceptors (Lipinski definition) is 4. The van der Waals surface area contributed by atoms with Crippen LogP contribution >= 0.6 is 12.2 Å². The summed E-state index contributed by atoms with van der Waals surface area (Å²) in [5, 5.41) is 9.68. The quantitative estimate of drug-likeness (QED) is 0.786. The second-order valence-electron chi connectivity index (χ2n) is 5.08. The molecule has 1 aromatic carbocycles. The number of rotatable bonds is 5. The van der Waals surface area contributed by atoms with Gasteiger partial charge in [-0.2, -0.15) is 4.31 Å². The summed E-state index contributed by atoms with van der Waals surface area (Å²) in [6.07, 6.45) is 0. The Kier molecular flexibility index (Phi) is 4.86.